The van der Waals surface area contributed by atoms with Crippen molar-refractivity contribution in [1.29, 1.82) is 0 Å². The SMILES string of the molecule is CCCCc1ccc(NC(=O)CCCOc2ccc(C(C)C)c(C)c2)c(Br)c1. The second-order valence-corrected chi connectivity index (χ2v) is 8.45. The highest BCUT2D eigenvalue weighted by Crippen LogP contribution is 2.25. The molecule has 2 aromatic carbocycles. The zero-order valence-electron chi connectivity index (χ0n) is 17.5. The molecule has 152 valence electrons. The Hall–Kier alpha value is -1.81. The fourth-order valence-electron chi connectivity index (χ4n) is 3.22. The van der Waals surface area contributed by atoms with E-state index in [0.717, 1.165) is 22.3 Å². The standard InChI is InChI=1S/C24H32BrNO2/c1-5-6-8-19-10-13-23(22(25)16-19)26-24(27)9-7-14-28-20-11-12-21(17(2)3)18(4)15-20/h10-13,15-17H,5-9,14H2,1-4H3,(H,26,27). The topological polar surface area (TPSA) is 38.3 Å². The molecule has 3 nitrogen and oxygen atoms in total. The molecule has 0 saturated heterocycles. The van der Waals surface area contributed by atoms with Crippen LogP contribution in [0.25, 0.3) is 0 Å². The quantitative estimate of drug-likeness (QED) is 0.398. The zero-order valence-corrected chi connectivity index (χ0v) is 19.1. The molecule has 2 aromatic rings. The van der Waals surface area contributed by atoms with Crippen LogP contribution in [0.2, 0.25) is 0 Å². The Bertz CT molecular complexity index is 786. The van der Waals surface area contributed by atoms with Crippen molar-refractivity contribution in [3.8, 4) is 5.75 Å². The van der Waals surface area contributed by atoms with Crippen LogP contribution in [0.3, 0.4) is 0 Å². The van der Waals surface area contributed by atoms with Gasteiger partial charge < -0.3 is 10.1 Å². The number of rotatable bonds is 10. The summed E-state index contributed by atoms with van der Waals surface area (Å²) in [5.74, 6) is 1.39. The maximum atomic E-state index is 12.2. The molecular weight excluding hydrogens is 414 g/mol. The summed E-state index contributed by atoms with van der Waals surface area (Å²) in [6, 6.07) is 12.4. The number of unbranched alkanes of at least 4 members (excludes halogenated alkanes) is 1. The highest BCUT2D eigenvalue weighted by atomic mass is 79.9. The van der Waals surface area contributed by atoms with E-state index in [0.29, 0.717) is 25.4 Å². The van der Waals surface area contributed by atoms with E-state index >= 15 is 0 Å². The molecule has 0 bridgehead atoms. The van der Waals surface area contributed by atoms with E-state index in [1.807, 2.05) is 12.1 Å². The van der Waals surface area contributed by atoms with Gasteiger partial charge in [-0.25, -0.2) is 0 Å². The minimum atomic E-state index is 0.0111. The largest absolute Gasteiger partial charge is 0.494 e. The van der Waals surface area contributed by atoms with Crippen molar-refractivity contribution >= 4 is 27.5 Å². The molecule has 2 rings (SSSR count). The maximum absolute atomic E-state index is 12.2. The lowest BCUT2D eigenvalue weighted by atomic mass is 9.98. The van der Waals surface area contributed by atoms with Crippen molar-refractivity contribution in [2.24, 2.45) is 0 Å². The number of benzene rings is 2. The van der Waals surface area contributed by atoms with Crippen LogP contribution in [0.4, 0.5) is 5.69 Å². The van der Waals surface area contributed by atoms with Crippen molar-refractivity contribution < 1.29 is 9.53 Å². The number of ether oxygens (including phenoxy) is 1. The molecule has 0 radical (unpaired) electrons. The highest BCUT2D eigenvalue weighted by Gasteiger charge is 2.08. The lowest BCUT2D eigenvalue weighted by molar-refractivity contribution is -0.116. The van der Waals surface area contributed by atoms with E-state index in [4.69, 9.17) is 4.74 Å². The van der Waals surface area contributed by atoms with Crippen LogP contribution in [-0.2, 0) is 11.2 Å². The molecule has 0 aromatic heterocycles. The van der Waals surface area contributed by atoms with Gasteiger partial charge in [0.2, 0.25) is 5.91 Å². The Morgan fingerprint density at radius 2 is 1.93 bits per heavy atom. The number of nitrogens with one attached hydrogen (secondary N) is 1. The van der Waals surface area contributed by atoms with Gasteiger partial charge in [-0.1, -0.05) is 39.3 Å². The van der Waals surface area contributed by atoms with E-state index < -0.39 is 0 Å². The summed E-state index contributed by atoms with van der Waals surface area (Å²) in [6.07, 6.45) is 4.55. The first-order chi connectivity index (χ1) is 13.4. The number of hydrogen-bond donors (Lipinski definition) is 1. The van der Waals surface area contributed by atoms with Crippen LogP contribution in [0.15, 0.2) is 40.9 Å². The lowest BCUT2D eigenvalue weighted by Gasteiger charge is -2.13. The molecule has 0 saturated carbocycles. The van der Waals surface area contributed by atoms with Crippen LogP contribution < -0.4 is 10.1 Å². The van der Waals surface area contributed by atoms with Gasteiger partial charge in [0, 0.05) is 10.9 Å². The maximum Gasteiger partial charge on any atom is 0.224 e. The van der Waals surface area contributed by atoms with Crippen molar-refractivity contribution in [1.82, 2.24) is 0 Å². The third kappa shape index (κ3) is 6.97. The smallest absolute Gasteiger partial charge is 0.224 e. The first-order valence-electron chi connectivity index (χ1n) is 10.2. The fourth-order valence-corrected chi connectivity index (χ4v) is 3.74. The van der Waals surface area contributed by atoms with Crippen molar-refractivity contribution in [2.45, 2.75) is 65.7 Å². The summed E-state index contributed by atoms with van der Waals surface area (Å²) in [6.45, 7) is 9.22. The molecule has 0 unspecified atom stereocenters. The Kier molecular flexibility index (Phi) is 9.04. The molecular formula is C24H32BrNO2. The van der Waals surface area contributed by atoms with Gasteiger partial charge in [-0.05, 0) is 89.0 Å². The number of aryl methyl sites for hydroxylation is 2. The predicted molar refractivity (Wildman–Crippen MR) is 121 cm³/mol. The number of halogens is 1. The summed E-state index contributed by atoms with van der Waals surface area (Å²) in [5, 5.41) is 2.98. The van der Waals surface area contributed by atoms with Gasteiger partial charge in [-0.3, -0.25) is 4.79 Å². The van der Waals surface area contributed by atoms with Crippen LogP contribution in [0.5, 0.6) is 5.75 Å². The van der Waals surface area contributed by atoms with Crippen molar-refractivity contribution in [3.63, 3.8) is 0 Å². The predicted octanol–water partition coefficient (Wildman–Crippen LogP) is 7.02. The van der Waals surface area contributed by atoms with E-state index in [2.05, 4.69) is 73.2 Å². The minimum Gasteiger partial charge on any atom is -0.494 e. The van der Waals surface area contributed by atoms with Crippen LogP contribution in [0.1, 0.15) is 69.1 Å². The highest BCUT2D eigenvalue weighted by molar-refractivity contribution is 9.10. The summed E-state index contributed by atoms with van der Waals surface area (Å²) < 4.78 is 6.75. The second-order valence-electron chi connectivity index (χ2n) is 7.59. The second kappa shape index (κ2) is 11.3. The molecule has 0 aliphatic heterocycles. The van der Waals surface area contributed by atoms with Gasteiger partial charge in [0.05, 0.1) is 12.3 Å². The molecule has 0 aliphatic rings. The fraction of sp³-hybridized carbons (Fsp3) is 0.458. The minimum absolute atomic E-state index is 0.0111. The molecule has 0 spiro atoms. The first kappa shape index (κ1) is 22.5. The summed E-state index contributed by atoms with van der Waals surface area (Å²) >= 11 is 3.56. The van der Waals surface area contributed by atoms with Crippen molar-refractivity contribution in [3.05, 3.63) is 57.6 Å². The van der Waals surface area contributed by atoms with Gasteiger partial charge in [0.1, 0.15) is 5.75 Å². The Labute approximate surface area is 178 Å². The molecule has 28 heavy (non-hydrogen) atoms. The van der Waals surface area contributed by atoms with E-state index in [-0.39, 0.29) is 5.91 Å². The van der Waals surface area contributed by atoms with Crippen LogP contribution >= 0.6 is 15.9 Å². The normalized spacial score (nSPS) is 10.9. The van der Waals surface area contributed by atoms with Gasteiger partial charge in [-0.15, -0.1) is 0 Å². The first-order valence-corrected chi connectivity index (χ1v) is 11.0. The van der Waals surface area contributed by atoms with E-state index in [9.17, 15) is 4.79 Å². The number of anilines is 1. The van der Waals surface area contributed by atoms with Crippen molar-refractivity contribution in [2.75, 3.05) is 11.9 Å². The van der Waals surface area contributed by atoms with Gasteiger partial charge in [-0.2, -0.15) is 0 Å². The molecule has 1 amide bonds. The van der Waals surface area contributed by atoms with E-state index in [1.165, 1.54) is 29.5 Å². The van der Waals surface area contributed by atoms with Gasteiger partial charge >= 0.3 is 0 Å². The monoisotopic (exact) mass is 445 g/mol. The molecule has 0 aliphatic carbocycles. The Morgan fingerprint density at radius 3 is 2.57 bits per heavy atom. The molecule has 4 heteroatoms. The molecule has 1 N–H and O–H groups in total. The van der Waals surface area contributed by atoms with Crippen LogP contribution in [-0.4, -0.2) is 12.5 Å². The summed E-state index contributed by atoms with van der Waals surface area (Å²) in [5.41, 5.74) is 4.71. The third-order valence-corrected chi connectivity index (χ3v) is 5.46. The lowest BCUT2D eigenvalue weighted by Crippen LogP contribution is -2.13. The average Bonchev–Trinajstić information content (AvgIpc) is 2.65. The van der Waals surface area contributed by atoms with E-state index in [1.54, 1.807) is 0 Å². The number of hydrogen-bond acceptors (Lipinski definition) is 2. The molecule has 0 atom stereocenters. The Balaban J connectivity index is 1.76. The number of carbonyl (C=O) groups is 1. The van der Waals surface area contributed by atoms with Gasteiger partial charge in [0.15, 0.2) is 0 Å². The summed E-state index contributed by atoms with van der Waals surface area (Å²) in [4.78, 5) is 12.2. The average molecular weight is 446 g/mol. The zero-order chi connectivity index (χ0) is 20.5. The summed E-state index contributed by atoms with van der Waals surface area (Å²) in [7, 11) is 0. The molecule has 0 fully saturated rings. The third-order valence-electron chi connectivity index (χ3n) is 4.81. The van der Waals surface area contributed by atoms with Crippen LogP contribution in [0, 0.1) is 6.92 Å². The molecule has 0 heterocycles. The Morgan fingerprint density at radius 1 is 1.14 bits per heavy atom. The number of amides is 1. The number of carbonyl (C=O) groups excluding carboxylic acids is 1. The van der Waals surface area contributed by atoms with Gasteiger partial charge in [0.25, 0.3) is 0 Å².